The number of rotatable bonds is 9. The molecule has 1 rings (SSSR count). The molecule has 0 fully saturated rings. The van der Waals surface area contributed by atoms with Crippen molar-refractivity contribution in [1.29, 1.82) is 0 Å². The summed E-state index contributed by atoms with van der Waals surface area (Å²) in [6, 6.07) is 8.05. The third kappa shape index (κ3) is 6.40. The highest BCUT2D eigenvalue weighted by atomic mass is 16.5. The van der Waals surface area contributed by atoms with Crippen LogP contribution in [0.4, 0.5) is 0 Å². The molecule has 1 atom stereocenters. The average Bonchev–Trinajstić information content (AvgIpc) is 2.42. The molecule has 0 amide bonds. The van der Waals surface area contributed by atoms with Gasteiger partial charge in [-0.05, 0) is 36.1 Å². The van der Waals surface area contributed by atoms with Gasteiger partial charge in [-0.15, -0.1) is 0 Å². The summed E-state index contributed by atoms with van der Waals surface area (Å²) in [4.78, 5) is 0. The first-order valence-electron chi connectivity index (χ1n) is 7.48. The molecule has 0 aromatic heterocycles. The zero-order valence-electron chi connectivity index (χ0n) is 13.5. The Balaban J connectivity index is 2.41. The number of methoxy groups -OCH3 is 1. The Labute approximate surface area is 123 Å². The van der Waals surface area contributed by atoms with Crippen molar-refractivity contribution in [2.24, 2.45) is 11.8 Å². The van der Waals surface area contributed by atoms with E-state index in [1.807, 2.05) is 12.1 Å². The van der Waals surface area contributed by atoms with Crippen molar-refractivity contribution < 1.29 is 9.47 Å². The highest BCUT2D eigenvalue weighted by Crippen LogP contribution is 2.14. The summed E-state index contributed by atoms with van der Waals surface area (Å²) in [7, 11) is 1.68. The molecule has 20 heavy (non-hydrogen) atoms. The first kappa shape index (κ1) is 17.0. The van der Waals surface area contributed by atoms with Gasteiger partial charge in [0.2, 0.25) is 0 Å². The summed E-state index contributed by atoms with van der Waals surface area (Å²) in [5, 5.41) is 3.48. The van der Waals surface area contributed by atoms with Crippen LogP contribution in [-0.4, -0.2) is 26.3 Å². The third-order valence-corrected chi connectivity index (χ3v) is 3.26. The van der Waals surface area contributed by atoms with Crippen LogP contribution < -0.4 is 10.1 Å². The van der Waals surface area contributed by atoms with Gasteiger partial charge < -0.3 is 14.8 Å². The maximum Gasteiger partial charge on any atom is 0.118 e. The number of benzene rings is 1. The van der Waals surface area contributed by atoms with Gasteiger partial charge in [0, 0.05) is 6.54 Å². The Hall–Kier alpha value is -1.06. The van der Waals surface area contributed by atoms with Crippen molar-refractivity contribution in [3.63, 3.8) is 0 Å². The predicted molar refractivity (Wildman–Crippen MR) is 84.1 cm³/mol. The van der Waals surface area contributed by atoms with E-state index in [0.29, 0.717) is 18.4 Å². The molecular formula is C17H29NO2. The van der Waals surface area contributed by atoms with E-state index in [2.05, 4.69) is 45.1 Å². The lowest BCUT2D eigenvalue weighted by molar-refractivity contribution is 0.0110. The first-order valence-corrected chi connectivity index (χ1v) is 7.48. The molecule has 3 nitrogen and oxygen atoms in total. The Morgan fingerprint density at radius 3 is 2.15 bits per heavy atom. The van der Waals surface area contributed by atoms with Gasteiger partial charge in [-0.1, -0.05) is 39.8 Å². The molecule has 0 spiro atoms. The fourth-order valence-corrected chi connectivity index (χ4v) is 1.93. The van der Waals surface area contributed by atoms with Crippen LogP contribution in [0, 0.1) is 11.8 Å². The molecule has 0 aliphatic rings. The molecule has 3 heteroatoms. The van der Waals surface area contributed by atoms with Crippen molar-refractivity contribution in [2.75, 3.05) is 20.2 Å². The predicted octanol–water partition coefficient (Wildman–Crippen LogP) is 3.48. The Morgan fingerprint density at radius 1 is 1.00 bits per heavy atom. The largest absolute Gasteiger partial charge is 0.497 e. The fraction of sp³-hybridized carbons (Fsp3) is 0.647. The van der Waals surface area contributed by atoms with Gasteiger partial charge in [0.1, 0.15) is 5.75 Å². The van der Waals surface area contributed by atoms with Gasteiger partial charge in [0.15, 0.2) is 0 Å². The minimum absolute atomic E-state index is 0.246. The highest BCUT2D eigenvalue weighted by molar-refractivity contribution is 5.26. The fourth-order valence-electron chi connectivity index (χ4n) is 1.93. The van der Waals surface area contributed by atoms with E-state index in [0.717, 1.165) is 18.8 Å². The zero-order chi connectivity index (χ0) is 15.0. The first-order chi connectivity index (χ1) is 9.52. The van der Waals surface area contributed by atoms with Crippen LogP contribution in [0.25, 0.3) is 0 Å². The summed E-state index contributed by atoms with van der Waals surface area (Å²) < 4.78 is 11.2. The lowest BCUT2D eigenvalue weighted by Crippen LogP contribution is -2.34. The van der Waals surface area contributed by atoms with Gasteiger partial charge in [0.25, 0.3) is 0 Å². The zero-order valence-corrected chi connectivity index (χ0v) is 13.5. The SMILES string of the molecule is COc1ccc(COC(CNCC(C)C)C(C)C)cc1. The summed E-state index contributed by atoms with van der Waals surface area (Å²) in [6.45, 7) is 11.4. The van der Waals surface area contributed by atoms with Crippen molar-refractivity contribution in [2.45, 2.75) is 40.4 Å². The third-order valence-electron chi connectivity index (χ3n) is 3.26. The Bertz CT molecular complexity index is 360. The Morgan fingerprint density at radius 2 is 1.65 bits per heavy atom. The molecule has 0 bridgehead atoms. The van der Waals surface area contributed by atoms with Crippen LogP contribution in [-0.2, 0) is 11.3 Å². The summed E-state index contributed by atoms with van der Waals surface area (Å²) >= 11 is 0. The second-order valence-corrected chi connectivity index (χ2v) is 5.99. The molecule has 0 radical (unpaired) electrons. The average molecular weight is 279 g/mol. The highest BCUT2D eigenvalue weighted by Gasteiger charge is 2.13. The van der Waals surface area contributed by atoms with Gasteiger partial charge in [0.05, 0.1) is 19.8 Å². The maximum atomic E-state index is 6.04. The lowest BCUT2D eigenvalue weighted by Gasteiger charge is -2.22. The van der Waals surface area contributed by atoms with E-state index in [1.54, 1.807) is 7.11 Å². The van der Waals surface area contributed by atoms with Gasteiger partial charge >= 0.3 is 0 Å². The van der Waals surface area contributed by atoms with E-state index in [4.69, 9.17) is 9.47 Å². The molecule has 0 heterocycles. The van der Waals surface area contributed by atoms with Gasteiger partial charge in [-0.2, -0.15) is 0 Å². The molecule has 0 aliphatic heterocycles. The molecular weight excluding hydrogens is 250 g/mol. The number of ether oxygens (including phenoxy) is 2. The molecule has 1 aromatic carbocycles. The normalized spacial score (nSPS) is 12.9. The van der Waals surface area contributed by atoms with Crippen LogP contribution in [0.3, 0.4) is 0 Å². The van der Waals surface area contributed by atoms with E-state index < -0.39 is 0 Å². The van der Waals surface area contributed by atoms with Crippen LogP contribution in [0.1, 0.15) is 33.3 Å². The van der Waals surface area contributed by atoms with Gasteiger partial charge in [-0.3, -0.25) is 0 Å². The molecule has 1 unspecified atom stereocenters. The second-order valence-electron chi connectivity index (χ2n) is 5.99. The molecule has 1 aromatic rings. The van der Waals surface area contributed by atoms with Crippen molar-refractivity contribution in [3.05, 3.63) is 29.8 Å². The second kappa shape index (κ2) is 8.98. The van der Waals surface area contributed by atoms with E-state index >= 15 is 0 Å². The van der Waals surface area contributed by atoms with Crippen LogP contribution in [0.15, 0.2) is 24.3 Å². The molecule has 1 N–H and O–H groups in total. The van der Waals surface area contributed by atoms with E-state index in [-0.39, 0.29) is 6.10 Å². The Kier molecular flexibility index (Phi) is 7.63. The van der Waals surface area contributed by atoms with E-state index in [1.165, 1.54) is 5.56 Å². The lowest BCUT2D eigenvalue weighted by atomic mass is 10.1. The van der Waals surface area contributed by atoms with Crippen LogP contribution in [0.5, 0.6) is 5.75 Å². The van der Waals surface area contributed by atoms with Crippen molar-refractivity contribution in [3.8, 4) is 5.75 Å². The number of hydrogen-bond donors (Lipinski definition) is 1. The number of nitrogens with one attached hydrogen (secondary N) is 1. The van der Waals surface area contributed by atoms with Crippen molar-refractivity contribution in [1.82, 2.24) is 5.32 Å². The molecule has 0 saturated heterocycles. The maximum absolute atomic E-state index is 6.04. The summed E-state index contributed by atoms with van der Waals surface area (Å²) in [6.07, 6.45) is 0.246. The van der Waals surface area contributed by atoms with E-state index in [9.17, 15) is 0 Å². The number of hydrogen-bond acceptors (Lipinski definition) is 3. The summed E-state index contributed by atoms with van der Waals surface area (Å²) in [5.74, 6) is 2.06. The smallest absolute Gasteiger partial charge is 0.118 e. The summed E-state index contributed by atoms with van der Waals surface area (Å²) in [5.41, 5.74) is 1.18. The molecule has 114 valence electrons. The van der Waals surface area contributed by atoms with Gasteiger partial charge in [-0.25, -0.2) is 0 Å². The van der Waals surface area contributed by atoms with Crippen LogP contribution >= 0.6 is 0 Å². The minimum atomic E-state index is 0.246. The monoisotopic (exact) mass is 279 g/mol. The molecule has 0 aliphatic carbocycles. The molecule has 0 saturated carbocycles. The quantitative estimate of drug-likeness (QED) is 0.750. The standard InChI is InChI=1S/C17H29NO2/c1-13(2)10-18-11-17(14(3)4)20-12-15-6-8-16(19-5)9-7-15/h6-9,13-14,17-18H,10-12H2,1-5H3. The van der Waals surface area contributed by atoms with Crippen molar-refractivity contribution >= 4 is 0 Å². The minimum Gasteiger partial charge on any atom is -0.497 e. The topological polar surface area (TPSA) is 30.5 Å². The van der Waals surface area contributed by atoms with Crippen LogP contribution in [0.2, 0.25) is 0 Å².